The fourth-order valence-corrected chi connectivity index (χ4v) is 2.81. The molecule has 0 aliphatic heterocycles. The van der Waals surface area contributed by atoms with Gasteiger partial charge in [0.05, 0.1) is 13.1 Å². The molecule has 9 nitrogen and oxygen atoms in total. The van der Waals surface area contributed by atoms with Gasteiger partial charge in [0.1, 0.15) is 0 Å². The van der Waals surface area contributed by atoms with Gasteiger partial charge in [-0.15, -0.1) is 0 Å². The van der Waals surface area contributed by atoms with Crippen molar-refractivity contribution in [3.63, 3.8) is 0 Å². The van der Waals surface area contributed by atoms with Crippen molar-refractivity contribution in [2.75, 3.05) is 32.9 Å². The molecular formula is C19H34N2O7. The quantitative estimate of drug-likeness (QED) is 0.191. The van der Waals surface area contributed by atoms with Crippen LogP contribution in [0.3, 0.4) is 0 Å². The Balaban J connectivity index is 4.33. The van der Waals surface area contributed by atoms with Crippen LogP contribution in [0.2, 0.25) is 0 Å². The summed E-state index contributed by atoms with van der Waals surface area (Å²) in [6, 6.07) is 0. The Hall–Kier alpha value is -2.16. The van der Waals surface area contributed by atoms with Gasteiger partial charge in [0, 0.05) is 19.5 Å². The average molecular weight is 402 g/mol. The summed E-state index contributed by atoms with van der Waals surface area (Å²) in [7, 11) is 0. The predicted molar refractivity (Wildman–Crippen MR) is 103 cm³/mol. The summed E-state index contributed by atoms with van der Waals surface area (Å²) < 4.78 is 4.67. The van der Waals surface area contributed by atoms with Crippen molar-refractivity contribution in [1.82, 2.24) is 9.80 Å². The predicted octanol–water partition coefficient (Wildman–Crippen LogP) is 1.95. The number of carbonyl (C=O) groups is 4. The SMILES string of the molecule is CCCCCCCCCCC(=O)N(CCN(CC(=O)O)CC(=O)O)COC=O. The number of ether oxygens (including phenoxy) is 1. The number of carboxylic acid groups (broad SMARTS) is 2. The third kappa shape index (κ3) is 15.0. The van der Waals surface area contributed by atoms with Crippen LogP contribution in [0.15, 0.2) is 0 Å². The van der Waals surface area contributed by atoms with E-state index in [4.69, 9.17) is 10.2 Å². The maximum absolute atomic E-state index is 12.4. The Morgan fingerprint density at radius 3 is 1.89 bits per heavy atom. The lowest BCUT2D eigenvalue weighted by atomic mass is 10.1. The fourth-order valence-electron chi connectivity index (χ4n) is 2.81. The zero-order valence-corrected chi connectivity index (χ0v) is 16.8. The number of rotatable bonds is 19. The number of aliphatic carboxylic acids is 2. The van der Waals surface area contributed by atoms with E-state index in [1.165, 1.54) is 35.5 Å². The Bertz CT molecular complexity index is 455. The molecule has 0 bridgehead atoms. The average Bonchev–Trinajstić information content (AvgIpc) is 2.62. The molecule has 0 unspecified atom stereocenters. The summed E-state index contributed by atoms with van der Waals surface area (Å²) >= 11 is 0. The van der Waals surface area contributed by atoms with Crippen LogP contribution in [-0.4, -0.2) is 77.2 Å². The number of amides is 1. The van der Waals surface area contributed by atoms with Gasteiger partial charge in [-0.05, 0) is 6.42 Å². The first-order chi connectivity index (χ1) is 13.4. The van der Waals surface area contributed by atoms with Crippen LogP contribution in [0, 0.1) is 0 Å². The van der Waals surface area contributed by atoms with E-state index in [-0.39, 0.29) is 32.2 Å². The van der Waals surface area contributed by atoms with Gasteiger partial charge >= 0.3 is 11.9 Å². The smallest absolute Gasteiger partial charge is 0.317 e. The van der Waals surface area contributed by atoms with Crippen LogP contribution in [0.25, 0.3) is 0 Å². The van der Waals surface area contributed by atoms with Crippen LogP contribution < -0.4 is 0 Å². The molecule has 0 saturated heterocycles. The van der Waals surface area contributed by atoms with Crippen molar-refractivity contribution in [2.45, 2.75) is 64.7 Å². The second-order valence-electron chi connectivity index (χ2n) is 6.77. The molecule has 0 aromatic rings. The molecule has 0 rings (SSSR count). The van der Waals surface area contributed by atoms with Crippen molar-refractivity contribution in [3.8, 4) is 0 Å². The molecule has 9 heteroatoms. The molecular weight excluding hydrogens is 368 g/mol. The molecule has 0 saturated carbocycles. The summed E-state index contributed by atoms with van der Waals surface area (Å²) in [4.78, 5) is 47.0. The molecule has 0 aliphatic carbocycles. The summed E-state index contributed by atoms with van der Waals surface area (Å²) in [6.45, 7) is 1.44. The van der Waals surface area contributed by atoms with Gasteiger partial charge in [0.2, 0.25) is 5.91 Å². The molecule has 162 valence electrons. The lowest BCUT2D eigenvalue weighted by Crippen LogP contribution is -2.43. The first-order valence-corrected chi connectivity index (χ1v) is 9.89. The molecule has 0 aliphatic rings. The molecule has 28 heavy (non-hydrogen) atoms. The highest BCUT2D eigenvalue weighted by atomic mass is 16.5. The van der Waals surface area contributed by atoms with Crippen LogP contribution in [0.1, 0.15) is 64.7 Å². The lowest BCUT2D eigenvalue weighted by molar-refractivity contribution is -0.143. The number of unbranched alkanes of at least 4 members (excludes halogenated alkanes) is 7. The third-order valence-electron chi connectivity index (χ3n) is 4.30. The number of carbonyl (C=O) groups excluding carboxylic acids is 2. The molecule has 1 amide bonds. The lowest BCUT2D eigenvalue weighted by Gasteiger charge is -2.25. The maximum atomic E-state index is 12.4. The van der Waals surface area contributed by atoms with Crippen LogP contribution >= 0.6 is 0 Å². The minimum Gasteiger partial charge on any atom is -0.480 e. The van der Waals surface area contributed by atoms with E-state index in [9.17, 15) is 19.2 Å². The second-order valence-corrected chi connectivity index (χ2v) is 6.77. The van der Waals surface area contributed by atoms with Crippen molar-refractivity contribution in [1.29, 1.82) is 0 Å². The minimum absolute atomic E-state index is 0.0595. The van der Waals surface area contributed by atoms with Crippen LogP contribution in [0.5, 0.6) is 0 Å². The first kappa shape index (κ1) is 25.8. The number of hydrogen-bond acceptors (Lipinski definition) is 6. The fraction of sp³-hybridized carbons (Fsp3) is 0.789. The Morgan fingerprint density at radius 1 is 0.857 bits per heavy atom. The van der Waals surface area contributed by atoms with E-state index in [0.29, 0.717) is 6.42 Å². The largest absolute Gasteiger partial charge is 0.480 e. The normalized spacial score (nSPS) is 10.6. The van der Waals surface area contributed by atoms with Crippen molar-refractivity contribution in [3.05, 3.63) is 0 Å². The van der Waals surface area contributed by atoms with Gasteiger partial charge in [-0.3, -0.25) is 24.1 Å². The Morgan fingerprint density at radius 2 is 1.39 bits per heavy atom. The molecule has 0 atom stereocenters. The third-order valence-corrected chi connectivity index (χ3v) is 4.30. The standard InChI is InChI=1S/C19H34N2O7/c1-2-3-4-5-6-7-8-9-10-17(23)21(15-28-16-22)12-11-20(13-18(24)25)14-19(26)27/h16H,2-15H2,1H3,(H,24,25)(H,26,27). The summed E-state index contributed by atoms with van der Waals surface area (Å²) in [6.07, 6.45) is 9.16. The molecule has 0 aromatic heterocycles. The summed E-state index contributed by atoms with van der Waals surface area (Å²) in [5, 5.41) is 17.7. The van der Waals surface area contributed by atoms with Crippen LogP contribution in [0.4, 0.5) is 0 Å². The monoisotopic (exact) mass is 402 g/mol. The van der Waals surface area contributed by atoms with E-state index in [1.54, 1.807) is 0 Å². The van der Waals surface area contributed by atoms with Gasteiger partial charge in [0.15, 0.2) is 6.73 Å². The zero-order chi connectivity index (χ0) is 21.2. The molecule has 0 radical (unpaired) electrons. The molecule has 0 aromatic carbocycles. The first-order valence-electron chi connectivity index (χ1n) is 9.89. The highest BCUT2D eigenvalue weighted by Gasteiger charge is 2.18. The number of hydrogen-bond donors (Lipinski definition) is 2. The van der Waals surface area contributed by atoms with E-state index >= 15 is 0 Å². The molecule has 2 N–H and O–H groups in total. The van der Waals surface area contributed by atoms with Crippen molar-refractivity contribution >= 4 is 24.3 Å². The summed E-state index contributed by atoms with van der Waals surface area (Å²) in [5.41, 5.74) is 0. The summed E-state index contributed by atoms with van der Waals surface area (Å²) in [5.74, 6) is -2.50. The van der Waals surface area contributed by atoms with E-state index in [0.717, 1.165) is 25.7 Å². The highest BCUT2D eigenvalue weighted by Crippen LogP contribution is 2.10. The van der Waals surface area contributed by atoms with E-state index < -0.39 is 25.0 Å². The molecule has 0 spiro atoms. The molecule has 0 fully saturated rings. The van der Waals surface area contributed by atoms with E-state index in [1.807, 2.05) is 0 Å². The number of carboxylic acids is 2. The number of nitrogens with zero attached hydrogens (tertiary/aromatic N) is 2. The second kappa shape index (κ2) is 17.0. The van der Waals surface area contributed by atoms with Gasteiger partial charge in [0.25, 0.3) is 6.47 Å². The van der Waals surface area contributed by atoms with Gasteiger partial charge < -0.3 is 19.8 Å². The topological polar surface area (TPSA) is 124 Å². The maximum Gasteiger partial charge on any atom is 0.317 e. The van der Waals surface area contributed by atoms with E-state index in [2.05, 4.69) is 11.7 Å². The Labute approximate surface area is 166 Å². The zero-order valence-electron chi connectivity index (χ0n) is 16.8. The Kier molecular flexibility index (Phi) is 15.7. The molecule has 0 heterocycles. The van der Waals surface area contributed by atoms with Gasteiger partial charge in [-0.2, -0.15) is 0 Å². The van der Waals surface area contributed by atoms with Gasteiger partial charge in [-0.1, -0.05) is 51.9 Å². The minimum atomic E-state index is -1.15. The van der Waals surface area contributed by atoms with Crippen LogP contribution in [-0.2, 0) is 23.9 Å². The van der Waals surface area contributed by atoms with Crippen molar-refractivity contribution in [2.24, 2.45) is 0 Å². The van der Waals surface area contributed by atoms with Crippen molar-refractivity contribution < 1.29 is 34.1 Å². The highest BCUT2D eigenvalue weighted by molar-refractivity contribution is 5.76. The van der Waals surface area contributed by atoms with Gasteiger partial charge in [-0.25, -0.2) is 0 Å².